The van der Waals surface area contributed by atoms with E-state index in [2.05, 4.69) is 16.0 Å². The second-order valence-corrected chi connectivity index (χ2v) is 7.36. The van der Waals surface area contributed by atoms with Crippen LogP contribution in [0.1, 0.15) is 34.6 Å². The van der Waals surface area contributed by atoms with Gasteiger partial charge in [0, 0.05) is 0 Å². The van der Waals surface area contributed by atoms with Crippen molar-refractivity contribution in [3.8, 4) is 0 Å². The van der Waals surface area contributed by atoms with Gasteiger partial charge in [-0.15, -0.1) is 0 Å². The van der Waals surface area contributed by atoms with Gasteiger partial charge in [0.25, 0.3) is 0 Å². The van der Waals surface area contributed by atoms with E-state index in [1.807, 2.05) is 0 Å². The number of nitrogens with two attached hydrogens (primary N) is 1. The van der Waals surface area contributed by atoms with E-state index in [1.165, 1.54) is 13.8 Å². The van der Waals surface area contributed by atoms with E-state index in [-0.39, 0.29) is 0 Å². The first-order valence-corrected chi connectivity index (χ1v) is 8.41. The molecule has 0 saturated carbocycles. The Morgan fingerprint density at radius 1 is 0.889 bits per heavy atom. The molecule has 0 heterocycles. The minimum atomic E-state index is -1.57. The Hall–Kier alpha value is -2.24. The van der Waals surface area contributed by atoms with Gasteiger partial charge in [0.2, 0.25) is 17.7 Å². The summed E-state index contributed by atoms with van der Waals surface area (Å²) in [5.41, 5.74) is 4.34. The molecule has 0 aromatic carbocycles. The largest absolute Gasteiger partial charge is 0.480 e. The fourth-order valence-electron chi connectivity index (χ4n) is 2.17. The molecular weight excluding hydrogens is 360 g/mol. The molecule has 0 radical (unpaired) electrons. The van der Waals surface area contributed by atoms with Crippen LogP contribution in [-0.2, 0) is 19.2 Å². The summed E-state index contributed by atoms with van der Waals surface area (Å²) in [6, 6.07) is -4.13. The van der Waals surface area contributed by atoms with Crippen molar-refractivity contribution < 1.29 is 34.5 Å². The van der Waals surface area contributed by atoms with Crippen molar-refractivity contribution in [1.82, 2.24) is 16.0 Å². The highest BCUT2D eigenvalue weighted by molar-refractivity contribution is 5.94. The maximum atomic E-state index is 12.5. The van der Waals surface area contributed by atoms with E-state index < -0.39 is 66.0 Å². The highest BCUT2D eigenvalue weighted by atomic mass is 16.4. The summed E-state index contributed by atoms with van der Waals surface area (Å²) in [5, 5.41) is 35.2. The van der Waals surface area contributed by atoms with Gasteiger partial charge in [-0.2, -0.15) is 0 Å². The van der Waals surface area contributed by atoms with E-state index in [4.69, 9.17) is 10.8 Å². The smallest absolute Gasteiger partial charge is 0.328 e. The van der Waals surface area contributed by atoms with Crippen LogP contribution in [0.15, 0.2) is 0 Å². The molecule has 3 amide bonds. The van der Waals surface area contributed by atoms with Crippen molar-refractivity contribution in [3.05, 3.63) is 0 Å². The molecule has 0 aliphatic carbocycles. The number of aliphatic carboxylic acids is 1. The number of hydrogen-bond donors (Lipinski definition) is 7. The Labute approximate surface area is 157 Å². The zero-order valence-corrected chi connectivity index (χ0v) is 16.1. The van der Waals surface area contributed by atoms with Crippen LogP contribution in [0.4, 0.5) is 0 Å². The van der Waals surface area contributed by atoms with Crippen molar-refractivity contribution in [2.45, 2.75) is 65.0 Å². The molecule has 156 valence electrons. The second kappa shape index (κ2) is 10.2. The average molecular weight is 390 g/mol. The Balaban J connectivity index is 5.47. The van der Waals surface area contributed by atoms with Crippen molar-refractivity contribution >= 4 is 23.7 Å². The van der Waals surface area contributed by atoms with E-state index in [0.717, 1.165) is 0 Å². The lowest BCUT2D eigenvalue weighted by atomic mass is 9.85. The average Bonchev–Trinajstić information content (AvgIpc) is 2.52. The first-order chi connectivity index (χ1) is 12.2. The maximum Gasteiger partial charge on any atom is 0.328 e. The van der Waals surface area contributed by atoms with Gasteiger partial charge in [0.1, 0.15) is 12.1 Å². The molecular formula is C16H30N4O7. The summed E-state index contributed by atoms with van der Waals surface area (Å²) in [4.78, 5) is 47.6. The number of nitrogens with one attached hydrogen (secondary N) is 3. The van der Waals surface area contributed by atoms with Crippen LogP contribution in [0.3, 0.4) is 0 Å². The van der Waals surface area contributed by atoms with Gasteiger partial charge in [-0.05, 0) is 19.3 Å². The molecule has 5 atom stereocenters. The highest BCUT2D eigenvalue weighted by Crippen LogP contribution is 2.20. The molecule has 0 unspecified atom stereocenters. The second-order valence-electron chi connectivity index (χ2n) is 7.36. The highest BCUT2D eigenvalue weighted by Gasteiger charge is 2.38. The molecule has 0 aliphatic rings. The van der Waals surface area contributed by atoms with Crippen molar-refractivity contribution in [2.24, 2.45) is 11.1 Å². The molecule has 8 N–H and O–H groups in total. The molecule has 0 aromatic rings. The van der Waals surface area contributed by atoms with Gasteiger partial charge in [0.05, 0.1) is 18.8 Å². The molecule has 11 nitrogen and oxygen atoms in total. The number of rotatable bonds is 9. The SMILES string of the molecule is C[C@@H](O)[C@H](NC(=O)[C@@H](NC(=O)[C@@H](NC(=O)CN)[C@@H](C)O)C(C)(C)C)C(=O)O. The lowest BCUT2D eigenvalue weighted by Gasteiger charge is -2.33. The van der Waals surface area contributed by atoms with Crippen LogP contribution in [0.2, 0.25) is 0 Å². The third-order valence-electron chi connectivity index (χ3n) is 3.73. The van der Waals surface area contributed by atoms with Gasteiger partial charge >= 0.3 is 5.97 Å². The van der Waals surface area contributed by atoms with E-state index in [1.54, 1.807) is 20.8 Å². The van der Waals surface area contributed by atoms with Crippen LogP contribution in [0.25, 0.3) is 0 Å². The summed E-state index contributed by atoms with van der Waals surface area (Å²) in [6.45, 7) is 6.98. The van der Waals surface area contributed by atoms with Crippen LogP contribution >= 0.6 is 0 Å². The molecule has 0 spiro atoms. The van der Waals surface area contributed by atoms with Crippen LogP contribution in [0, 0.1) is 5.41 Å². The lowest BCUT2D eigenvalue weighted by molar-refractivity contribution is -0.146. The number of carbonyl (C=O) groups is 4. The van der Waals surface area contributed by atoms with Gasteiger partial charge in [0.15, 0.2) is 6.04 Å². The Bertz CT molecular complexity index is 557. The summed E-state index contributed by atoms with van der Waals surface area (Å²) in [5.74, 6) is -3.79. The molecule has 0 bridgehead atoms. The third kappa shape index (κ3) is 7.89. The van der Waals surface area contributed by atoms with Gasteiger partial charge < -0.3 is 37.0 Å². The zero-order chi connectivity index (χ0) is 21.5. The minimum absolute atomic E-state index is 0.394. The summed E-state index contributed by atoms with van der Waals surface area (Å²) in [7, 11) is 0. The number of carboxylic acids is 1. The normalized spacial score (nSPS) is 17.0. The number of aliphatic hydroxyl groups is 2. The first kappa shape index (κ1) is 24.8. The van der Waals surface area contributed by atoms with E-state index >= 15 is 0 Å². The Kier molecular flexibility index (Phi) is 9.34. The minimum Gasteiger partial charge on any atom is -0.480 e. The van der Waals surface area contributed by atoms with Gasteiger partial charge in [-0.1, -0.05) is 20.8 Å². The summed E-state index contributed by atoms with van der Waals surface area (Å²) in [6.07, 6.45) is -2.63. The van der Waals surface area contributed by atoms with Crippen molar-refractivity contribution in [3.63, 3.8) is 0 Å². The van der Waals surface area contributed by atoms with Crippen LogP contribution in [-0.4, -0.2) is 75.9 Å². The quantitative estimate of drug-likeness (QED) is 0.221. The Morgan fingerprint density at radius 2 is 1.37 bits per heavy atom. The predicted octanol–water partition coefficient (Wildman–Crippen LogP) is -2.71. The number of carboxylic acid groups (broad SMARTS) is 1. The number of amides is 3. The predicted molar refractivity (Wildman–Crippen MR) is 95.3 cm³/mol. The molecule has 0 aliphatic heterocycles. The van der Waals surface area contributed by atoms with E-state index in [9.17, 15) is 29.4 Å². The molecule has 0 aromatic heterocycles. The van der Waals surface area contributed by atoms with Crippen molar-refractivity contribution in [2.75, 3.05) is 6.54 Å². The number of carbonyl (C=O) groups excluding carboxylic acids is 3. The fourth-order valence-corrected chi connectivity index (χ4v) is 2.17. The third-order valence-corrected chi connectivity index (χ3v) is 3.73. The molecule has 0 fully saturated rings. The molecule has 0 rings (SSSR count). The van der Waals surface area contributed by atoms with Crippen molar-refractivity contribution in [1.29, 1.82) is 0 Å². The standard InChI is InChI=1S/C16H30N4O7/c1-7(21)10(18-9(23)6-17)13(24)20-12(16(3,4)5)14(25)19-11(8(2)22)15(26)27/h7-8,10-12,21-22H,6,17H2,1-5H3,(H,18,23)(H,19,25)(H,20,24)(H,26,27)/t7-,8-,10+,11+,12-/m1/s1. The lowest BCUT2D eigenvalue weighted by Crippen LogP contribution is -2.62. The molecule has 27 heavy (non-hydrogen) atoms. The topological polar surface area (TPSA) is 191 Å². The monoisotopic (exact) mass is 390 g/mol. The summed E-state index contributed by atoms with van der Waals surface area (Å²) >= 11 is 0. The zero-order valence-electron chi connectivity index (χ0n) is 16.1. The fraction of sp³-hybridized carbons (Fsp3) is 0.750. The van der Waals surface area contributed by atoms with Gasteiger partial charge in [-0.25, -0.2) is 4.79 Å². The molecule has 0 saturated heterocycles. The van der Waals surface area contributed by atoms with E-state index in [0.29, 0.717) is 0 Å². The van der Waals surface area contributed by atoms with Crippen LogP contribution < -0.4 is 21.7 Å². The maximum absolute atomic E-state index is 12.5. The molecule has 11 heteroatoms. The first-order valence-electron chi connectivity index (χ1n) is 8.41. The van der Waals surface area contributed by atoms with Crippen LogP contribution in [0.5, 0.6) is 0 Å². The van der Waals surface area contributed by atoms with Gasteiger partial charge in [-0.3, -0.25) is 14.4 Å². The number of aliphatic hydroxyl groups excluding tert-OH is 2. The number of hydrogen-bond acceptors (Lipinski definition) is 7. The Morgan fingerprint density at radius 3 is 1.70 bits per heavy atom. The summed E-state index contributed by atoms with van der Waals surface area (Å²) < 4.78 is 0.